The van der Waals surface area contributed by atoms with Gasteiger partial charge in [-0.1, -0.05) is 7.43 Å². The predicted molar refractivity (Wildman–Crippen MR) is 62.9 cm³/mol. The van der Waals surface area contributed by atoms with Crippen LogP contribution in [0.25, 0.3) is 0 Å². The number of carbonyl (C=O) groups excluding carboxylic acids is 1. The molecule has 0 saturated carbocycles. The average Bonchev–Trinajstić information content (AvgIpc) is 2.14. The lowest BCUT2D eigenvalue weighted by molar-refractivity contribution is -0.116. The number of anilines is 1. The van der Waals surface area contributed by atoms with Gasteiger partial charge in [0.1, 0.15) is 5.69 Å². The van der Waals surface area contributed by atoms with E-state index in [0.29, 0.717) is 5.69 Å². The van der Waals surface area contributed by atoms with Crippen molar-refractivity contribution in [2.75, 3.05) is 11.9 Å². The molecule has 0 radical (unpaired) electrons. The number of nitrogens with zero attached hydrogens (tertiary/aromatic N) is 2. The molecule has 6 heteroatoms. The topological polar surface area (TPSA) is 75.2 Å². The Morgan fingerprint density at radius 2 is 1.88 bits per heavy atom. The fourth-order valence-corrected chi connectivity index (χ4v) is 1.27. The molecule has 0 aliphatic heterocycles. The van der Waals surface area contributed by atoms with Gasteiger partial charge in [-0.3, -0.25) is 14.2 Å². The van der Waals surface area contributed by atoms with Crippen LogP contribution in [0.1, 0.15) is 20.0 Å². The van der Waals surface area contributed by atoms with Crippen molar-refractivity contribution in [2.24, 2.45) is 7.05 Å². The van der Waals surface area contributed by atoms with E-state index >= 15 is 0 Å². The standard InChI is InChI=1S/C9H13N3O3.CH4/c1-5-7(11(3)6(2)13)8(14)12(4)9(15)10-5;/h1-4H3,(H,10,15);1H4. The van der Waals surface area contributed by atoms with Gasteiger partial charge in [0.15, 0.2) is 0 Å². The second-order valence-electron chi connectivity index (χ2n) is 3.35. The summed E-state index contributed by atoms with van der Waals surface area (Å²) in [4.78, 5) is 37.8. The van der Waals surface area contributed by atoms with E-state index in [1.165, 1.54) is 25.9 Å². The van der Waals surface area contributed by atoms with Crippen LogP contribution in [0, 0.1) is 6.92 Å². The molecule has 0 bridgehead atoms. The molecule has 1 amide bonds. The number of aryl methyl sites for hydroxylation is 1. The van der Waals surface area contributed by atoms with E-state index in [4.69, 9.17) is 0 Å². The Morgan fingerprint density at radius 3 is 2.31 bits per heavy atom. The fourth-order valence-electron chi connectivity index (χ4n) is 1.27. The SMILES string of the molecule is C.CC(=O)N(C)c1c(C)[nH]c(=O)n(C)c1=O. The zero-order chi connectivity index (χ0) is 11.7. The largest absolute Gasteiger partial charge is 0.328 e. The Bertz CT molecular complexity index is 513. The van der Waals surface area contributed by atoms with E-state index in [1.807, 2.05) is 0 Å². The highest BCUT2D eigenvalue weighted by atomic mass is 16.2. The number of hydrogen-bond acceptors (Lipinski definition) is 3. The van der Waals surface area contributed by atoms with E-state index in [2.05, 4.69) is 4.98 Å². The Labute approximate surface area is 93.5 Å². The van der Waals surface area contributed by atoms with Gasteiger partial charge < -0.3 is 9.88 Å². The molecule has 0 aliphatic carbocycles. The summed E-state index contributed by atoms with van der Waals surface area (Å²) in [5.74, 6) is -0.262. The van der Waals surface area contributed by atoms with Crippen molar-refractivity contribution >= 4 is 11.6 Å². The van der Waals surface area contributed by atoms with Crippen LogP contribution in [-0.4, -0.2) is 22.5 Å². The van der Waals surface area contributed by atoms with Crippen molar-refractivity contribution in [2.45, 2.75) is 21.3 Å². The molecule has 0 unspecified atom stereocenters. The van der Waals surface area contributed by atoms with Gasteiger partial charge in [0.05, 0.1) is 0 Å². The van der Waals surface area contributed by atoms with Crippen LogP contribution in [0.3, 0.4) is 0 Å². The Kier molecular flexibility index (Phi) is 4.23. The fraction of sp³-hybridized carbons (Fsp3) is 0.500. The maximum atomic E-state index is 11.7. The summed E-state index contributed by atoms with van der Waals surface area (Å²) in [5.41, 5.74) is -0.377. The van der Waals surface area contributed by atoms with Gasteiger partial charge in [-0.15, -0.1) is 0 Å². The van der Waals surface area contributed by atoms with Gasteiger partial charge in [-0.2, -0.15) is 0 Å². The van der Waals surface area contributed by atoms with Crippen molar-refractivity contribution in [1.82, 2.24) is 9.55 Å². The van der Waals surface area contributed by atoms with E-state index < -0.39 is 11.2 Å². The van der Waals surface area contributed by atoms with Crippen LogP contribution >= 0.6 is 0 Å². The highest BCUT2D eigenvalue weighted by Gasteiger charge is 2.15. The number of amides is 1. The monoisotopic (exact) mass is 227 g/mol. The van der Waals surface area contributed by atoms with E-state index in [-0.39, 0.29) is 19.0 Å². The minimum Gasteiger partial charge on any atom is -0.309 e. The highest BCUT2D eigenvalue weighted by Crippen LogP contribution is 2.08. The molecular weight excluding hydrogens is 210 g/mol. The molecule has 1 N–H and O–H groups in total. The molecule has 0 aromatic carbocycles. The lowest BCUT2D eigenvalue weighted by Crippen LogP contribution is -2.39. The lowest BCUT2D eigenvalue weighted by atomic mass is 10.3. The van der Waals surface area contributed by atoms with Gasteiger partial charge in [-0.05, 0) is 6.92 Å². The van der Waals surface area contributed by atoms with Crippen molar-refractivity contribution in [3.8, 4) is 0 Å². The van der Waals surface area contributed by atoms with E-state index in [9.17, 15) is 14.4 Å². The molecule has 0 saturated heterocycles. The normalized spacial score (nSPS) is 9.50. The summed E-state index contributed by atoms with van der Waals surface area (Å²) in [7, 11) is 2.85. The third-order valence-corrected chi connectivity index (χ3v) is 2.27. The van der Waals surface area contributed by atoms with Gasteiger partial charge in [0.2, 0.25) is 5.91 Å². The molecule has 6 nitrogen and oxygen atoms in total. The van der Waals surface area contributed by atoms with Crippen molar-refractivity contribution in [3.05, 3.63) is 26.5 Å². The molecule has 90 valence electrons. The molecule has 1 aromatic rings. The summed E-state index contributed by atoms with van der Waals surface area (Å²) in [6.07, 6.45) is 0. The first-order valence-corrected chi connectivity index (χ1v) is 4.40. The molecule has 0 fully saturated rings. The van der Waals surface area contributed by atoms with E-state index in [1.54, 1.807) is 6.92 Å². The van der Waals surface area contributed by atoms with Crippen LogP contribution in [0.5, 0.6) is 0 Å². The van der Waals surface area contributed by atoms with Crippen molar-refractivity contribution < 1.29 is 4.79 Å². The summed E-state index contributed by atoms with van der Waals surface area (Å²) < 4.78 is 0.932. The minimum atomic E-state index is -0.488. The van der Waals surface area contributed by atoms with Crippen LogP contribution in [0.15, 0.2) is 9.59 Å². The maximum Gasteiger partial charge on any atom is 0.328 e. The second-order valence-corrected chi connectivity index (χ2v) is 3.35. The number of nitrogens with one attached hydrogen (secondary N) is 1. The zero-order valence-electron chi connectivity index (χ0n) is 9.12. The van der Waals surface area contributed by atoms with Crippen LogP contribution < -0.4 is 16.1 Å². The number of aromatic amines is 1. The second kappa shape index (κ2) is 4.78. The third kappa shape index (κ3) is 2.21. The smallest absolute Gasteiger partial charge is 0.309 e. The molecular formula is C10H17N3O3. The third-order valence-electron chi connectivity index (χ3n) is 2.27. The first kappa shape index (κ1) is 14.2. The zero-order valence-corrected chi connectivity index (χ0v) is 9.12. The van der Waals surface area contributed by atoms with Gasteiger partial charge >= 0.3 is 5.69 Å². The number of carbonyl (C=O) groups is 1. The molecule has 1 aromatic heterocycles. The molecule has 1 rings (SSSR count). The quantitative estimate of drug-likeness (QED) is 0.733. The lowest BCUT2D eigenvalue weighted by Gasteiger charge is -2.16. The Morgan fingerprint density at radius 1 is 1.38 bits per heavy atom. The predicted octanol–water partition coefficient (Wildman–Crippen LogP) is 0.000820. The Balaban J connectivity index is 0.00000225. The number of rotatable bonds is 1. The number of hydrogen-bond donors (Lipinski definition) is 1. The number of aromatic nitrogens is 2. The van der Waals surface area contributed by atoms with Gasteiger partial charge in [0, 0.05) is 26.7 Å². The number of H-pyrrole nitrogens is 1. The molecule has 1 heterocycles. The Hall–Kier alpha value is -1.85. The first-order valence-electron chi connectivity index (χ1n) is 4.40. The van der Waals surface area contributed by atoms with Crippen LogP contribution in [0.4, 0.5) is 5.69 Å². The van der Waals surface area contributed by atoms with Crippen LogP contribution in [0.2, 0.25) is 0 Å². The molecule has 0 aliphatic rings. The van der Waals surface area contributed by atoms with Crippen molar-refractivity contribution in [3.63, 3.8) is 0 Å². The van der Waals surface area contributed by atoms with Gasteiger partial charge in [0.25, 0.3) is 5.56 Å². The van der Waals surface area contributed by atoms with E-state index in [0.717, 1.165) is 4.57 Å². The molecule has 16 heavy (non-hydrogen) atoms. The first-order chi connectivity index (χ1) is 6.86. The van der Waals surface area contributed by atoms with Crippen molar-refractivity contribution in [1.29, 1.82) is 0 Å². The molecule has 0 spiro atoms. The minimum absolute atomic E-state index is 0. The summed E-state index contributed by atoms with van der Waals surface area (Å²) >= 11 is 0. The van der Waals surface area contributed by atoms with Gasteiger partial charge in [-0.25, -0.2) is 4.79 Å². The van der Waals surface area contributed by atoms with Crippen LogP contribution in [-0.2, 0) is 11.8 Å². The summed E-state index contributed by atoms with van der Waals surface area (Å²) in [5, 5.41) is 0. The maximum absolute atomic E-state index is 11.7. The highest BCUT2D eigenvalue weighted by molar-refractivity contribution is 5.91. The molecule has 0 atom stereocenters. The summed E-state index contributed by atoms with van der Waals surface area (Å²) in [6.45, 7) is 2.93. The average molecular weight is 227 g/mol. The summed E-state index contributed by atoms with van der Waals surface area (Å²) in [6, 6.07) is 0.